The van der Waals surface area contributed by atoms with Crippen LogP contribution in [0.25, 0.3) is 27.9 Å². The molecule has 0 bridgehead atoms. The average molecular weight is 474 g/mol. The normalized spacial score (nSPS) is 17.6. The van der Waals surface area contributed by atoms with E-state index in [-0.39, 0.29) is 12.2 Å². The van der Waals surface area contributed by atoms with E-state index in [1.165, 1.54) is 12.8 Å². The van der Waals surface area contributed by atoms with Gasteiger partial charge in [0.1, 0.15) is 17.3 Å². The van der Waals surface area contributed by atoms with E-state index in [0.717, 1.165) is 48.0 Å². The topological polar surface area (TPSA) is 129 Å². The molecule has 0 unspecified atom stereocenters. The fourth-order valence-electron chi connectivity index (χ4n) is 4.55. The molecule has 1 aromatic carbocycles. The van der Waals surface area contributed by atoms with E-state index in [0.29, 0.717) is 23.2 Å². The lowest BCUT2D eigenvalue weighted by molar-refractivity contribution is -0.122. The summed E-state index contributed by atoms with van der Waals surface area (Å²) in [5, 5.41) is 29.9. The van der Waals surface area contributed by atoms with Crippen molar-refractivity contribution in [2.24, 2.45) is 5.92 Å². The van der Waals surface area contributed by atoms with Crippen LogP contribution in [0.1, 0.15) is 18.7 Å². The lowest BCUT2D eigenvalue weighted by atomic mass is 10.0. The first-order chi connectivity index (χ1) is 17.1. The van der Waals surface area contributed by atoms with Crippen molar-refractivity contribution in [1.29, 1.82) is 0 Å². The van der Waals surface area contributed by atoms with Gasteiger partial charge in [-0.3, -0.25) is 4.79 Å². The highest BCUT2D eigenvalue weighted by molar-refractivity contribution is 5.75. The number of fused-ring (bicyclic) bond motifs is 1. The van der Waals surface area contributed by atoms with Crippen molar-refractivity contribution in [3.8, 4) is 28.1 Å². The number of aryl methyl sites for hydroxylation is 1. The first kappa shape index (κ1) is 22.7. The van der Waals surface area contributed by atoms with Crippen molar-refractivity contribution < 1.29 is 15.0 Å². The number of rotatable bonds is 4. The average Bonchev–Trinajstić information content (AvgIpc) is 3.68. The molecule has 4 aromatic rings. The smallest absolute Gasteiger partial charge is 0.290 e. The third-order valence-corrected chi connectivity index (χ3v) is 6.55. The van der Waals surface area contributed by atoms with Crippen molar-refractivity contribution in [2.75, 3.05) is 24.5 Å². The molecule has 10 heteroatoms. The number of piperazine rings is 1. The van der Waals surface area contributed by atoms with E-state index in [2.05, 4.69) is 36.4 Å². The predicted molar refractivity (Wildman–Crippen MR) is 131 cm³/mol. The van der Waals surface area contributed by atoms with E-state index < -0.39 is 0 Å². The van der Waals surface area contributed by atoms with Gasteiger partial charge >= 0.3 is 0 Å². The highest BCUT2D eigenvalue weighted by atomic mass is 16.3. The minimum absolute atomic E-state index is 0.159. The van der Waals surface area contributed by atoms with Gasteiger partial charge in [-0.1, -0.05) is 6.07 Å². The number of carboxylic acid groups (broad SMARTS) is 1. The largest absolute Gasteiger partial charge is 0.507 e. The summed E-state index contributed by atoms with van der Waals surface area (Å²) in [6.45, 7) is 4.47. The van der Waals surface area contributed by atoms with E-state index in [1.54, 1.807) is 12.3 Å². The quantitative estimate of drug-likeness (QED) is 0.383. The van der Waals surface area contributed by atoms with Gasteiger partial charge < -0.3 is 24.8 Å². The van der Waals surface area contributed by atoms with Gasteiger partial charge in [0, 0.05) is 37.4 Å². The molecule has 10 nitrogen and oxygen atoms in total. The number of phenolic OH excluding ortho intramolecular Hbond substituents is 1. The van der Waals surface area contributed by atoms with E-state index in [1.807, 2.05) is 41.9 Å². The molecule has 3 N–H and O–H groups in total. The number of nitrogens with one attached hydrogen (secondary N) is 1. The number of anilines is 1. The fraction of sp³-hybridized carbons (Fsp3) is 0.320. The molecule has 0 spiro atoms. The molecule has 1 aliphatic heterocycles. The minimum Gasteiger partial charge on any atom is -0.507 e. The summed E-state index contributed by atoms with van der Waals surface area (Å²) in [6, 6.07) is 10.2. The first-order valence-electron chi connectivity index (χ1n) is 11.6. The molecule has 1 saturated carbocycles. The molecule has 3 aromatic heterocycles. The zero-order chi connectivity index (χ0) is 24.4. The van der Waals surface area contributed by atoms with Crippen LogP contribution in [0.15, 0.2) is 48.9 Å². The number of nitrogens with zero attached hydrogens (tertiary/aromatic N) is 6. The molecule has 2 aliphatic rings. The number of hydrogen-bond acceptors (Lipinski definition) is 8. The summed E-state index contributed by atoms with van der Waals surface area (Å²) >= 11 is 0. The highest BCUT2D eigenvalue weighted by Gasteiger charge is 2.34. The monoisotopic (exact) mass is 473 g/mol. The van der Waals surface area contributed by atoms with Crippen LogP contribution in [-0.2, 0) is 4.79 Å². The van der Waals surface area contributed by atoms with Gasteiger partial charge in [0.15, 0.2) is 0 Å². The maximum absolute atomic E-state index is 10.7. The zero-order valence-corrected chi connectivity index (χ0v) is 19.4. The van der Waals surface area contributed by atoms with Crippen LogP contribution in [0.2, 0.25) is 0 Å². The second-order valence-electron chi connectivity index (χ2n) is 8.84. The SMILES string of the molecule is Cc1ncc2cc(-c3ccc(-c4cnc(N5CCN[C@@H](C6CC6)C5)nn4)c(O)c3)ccn12.O=CO. The molecule has 0 radical (unpaired) electrons. The van der Waals surface area contributed by atoms with Crippen LogP contribution in [0.4, 0.5) is 5.95 Å². The molecule has 180 valence electrons. The second kappa shape index (κ2) is 9.67. The fourth-order valence-corrected chi connectivity index (χ4v) is 4.55. The zero-order valence-electron chi connectivity index (χ0n) is 19.4. The first-order valence-corrected chi connectivity index (χ1v) is 11.6. The van der Waals surface area contributed by atoms with Gasteiger partial charge in [-0.25, -0.2) is 9.97 Å². The number of imidazole rings is 1. The number of aromatic hydroxyl groups is 1. The molecule has 35 heavy (non-hydrogen) atoms. The van der Waals surface area contributed by atoms with Crippen LogP contribution in [0.5, 0.6) is 5.75 Å². The lowest BCUT2D eigenvalue weighted by Crippen LogP contribution is -2.52. The standard InChI is InChI=1S/C24H25N7O.CH2O2/c1-15-26-12-19-10-18(6-8-31(15)19)17-4-5-20(23(32)11-17)21-13-27-24(29-28-21)30-9-7-25-22(14-30)16-2-3-16;2-1-3/h4-6,8,10-13,16,22,25,32H,2-3,7,9,14H2,1H3;1H,(H,2,3)/t22-;/m1./s1. The Labute approximate surface area is 202 Å². The molecule has 6 rings (SSSR count). The molecule has 0 amide bonds. The number of aromatic nitrogens is 5. The van der Waals surface area contributed by atoms with Gasteiger partial charge in [-0.2, -0.15) is 0 Å². The van der Waals surface area contributed by atoms with Crippen LogP contribution in [-0.4, -0.2) is 66.9 Å². The van der Waals surface area contributed by atoms with Crippen LogP contribution < -0.4 is 10.2 Å². The molecule has 2 fully saturated rings. The Hall–Kier alpha value is -4.05. The molecule has 1 atom stereocenters. The Kier molecular flexibility index (Phi) is 6.28. The van der Waals surface area contributed by atoms with E-state index in [9.17, 15) is 5.11 Å². The summed E-state index contributed by atoms with van der Waals surface area (Å²) in [6.07, 6.45) is 8.17. The van der Waals surface area contributed by atoms with Gasteiger partial charge in [0.05, 0.1) is 17.9 Å². The Morgan fingerprint density at radius 1 is 1.09 bits per heavy atom. The summed E-state index contributed by atoms with van der Waals surface area (Å²) in [7, 11) is 0. The van der Waals surface area contributed by atoms with E-state index >= 15 is 0 Å². The van der Waals surface area contributed by atoms with Crippen molar-refractivity contribution in [1.82, 2.24) is 29.9 Å². The third-order valence-electron chi connectivity index (χ3n) is 6.55. The number of carbonyl (C=O) groups is 1. The maximum Gasteiger partial charge on any atom is 0.290 e. The van der Waals surface area contributed by atoms with Gasteiger partial charge in [-0.15, -0.1) is 10.2 Å². The summed E-state index contributed by atoms with van der Waals surface area (Å²) in [5.74, 6) is 2.55. The Morgan fingerprint density at radius 3 is 2.60 bits per heavy atom. The number of hydrogen-bond donors (Lipinski definition) is 3. The molecular formula is C25H27N7O3. The Bertz CT molecular complexity index is 1330. The molecule has 4 heterocycles. The third kappa shape index (κ3) is 4.78. The van der Waals surface area contributed by atoms with E-state index in [4.69, 9.17) is 9.90 Å². The highest BCUT2D eigenvalue weighted by Crippen LogP contribution is 2.35. The Morgan fingerprint density at radius 2 is 1.89 bits per heavy atom. The lowest BCUT2D eigenvalue weighted by Gasteiger charge is -2.33. The van der Waals surface area contributed by atoms with Gasteiger partial charge in [0.2, 0.25) is 5.95 Å². The van der Waals surface area contributed by atoms with Crippen LogP contribution in [0.3, 0.4) is 0 Å². The number of phenols is 1. The number of pyridine rings is 1. The minimum atomic E-state index is -0.250. The van der Waals surface area contributed by atoms with Gasteiger partial charge in [0.25, 0.3) is 6.47 Å². The van der Waals surface area contributed by atoms with Crippen LogP contribution in [0, 0.1) is 12.8 Å². The number of benzene rings is 1. The predicted octanol–water partition coefficient (Wildman–Crippen LogP) is 2.76. The maximum atomic E-state index is 10.7. The van der Waals surface area contributed by atoms with Crippen molar-refractivity contribution in [3.05, 3.63) is 54.7 Å². The summed E-state index contributed by atoms with van der Waals surface area (Å²) in [4.78, 5) is 19.5. The van der Waals surface area contributed by atoms with Crippen molar-refractivity contribution in [3.63, 3.8) is 0 Å². The molecular weight excluding hydrogens is 446 g/mol. The summed E-state index contributed by atoms with van der Waals surface area (Å²) in [5.41, 5.74) is 4.15. The van der Waals surface area contributed by atoms with Gasteiger partial charge in [-0.05, 0) is 61.1 Å². The molecule has 1 aliphatic carbocycles. The summed E-state index contributed by atoms with van der Waals surface area (Å²) < 4.78 is 2.03. The van der Waals surface area contributed by atoms with Crippen molar-refractivity contribution >= 4 is 17.9 Å². The molecule has 1 saturated heterocycles. The Balaban J connectivity index is 0.000000806. The second-order valence-corrected chi connectivity index (χ2v) is 8.84. The van der Waals surface area contributed by atoms with Crippen LogP contribution >= 0.6 is 0 Å². The van der Waals surface area contributed by atoms with Crippen molar-refractivity contribution in [2.45, 2.75) is 25.8 Å².